The summed E-state index contributed by atoms with van der Waals surface area (Å²) in [5.41, 5.74) is 1.10. The summed E-state index contributed by atoms with van der Waals surface area (Å²) < 4.78 is 38.1. The molecule has 0 saturated heterocycles. The minimum Gasteiger partial charge on any atom is -0.283 e. The Bertz CT molecular complexity index is 399. The number of hydrogen-bond acceptors (Lipinski definition) is 2. The van der Waals surface area contributed by atoms with Crippen LogP contribution < -0.4 is 10.4 Å². The standard InChI is InChI=1S/C11H11F3N2/c1-10(11(12,13)14)7-8-16(15-10)9-5-3-2-4-6-9/h2-8,15H,1H3. The van der Waals surface area contributed by atoms with Crippen molar-refractivity contribution in [3.63, 3.8) is 0 Å². The van der Waals surface area contributed by atoms with E-state index < -0.39 is 11.7 Å². The first-order valence-electron chi connectivity index (χ1n) is 4.81. The van der Waals surface area contributed by atoms with Gasteiger partial charge >= 0.3 is 6.18 Å². The van der Waals surface area contributed by atoms with Crippen LogP contribution in [0, 0.1) is 0 Å². The lowest BCUT2D eigenvalue weighted by atomic mass is 10.0. The van der Waals surface area contributed by atoms with Crippen molar-refractivity contribution in [2.24, 2.45) is 0 Å². The molecule has 86 valence electrons. The predicted molar refractivity (Wildman–Crippen MR) is 55.7 cm³/mol. The van der Waals surface area contributed by atoms with Gasteiger partial charge in [-0.25, -0.2) is 5.43 Å². The van der Waals surface area contributed by atoms with Gasteiger partial charge in [-0.1, -0.05) is 18.2 Å². The number of hydrogen-bond donors (Lipinski definition) is 1. The summed E-state index contributed by atoms with van der Waals surface area (Å²) in [6.45, 7) is 1.10. The molecule has 1 atom stereocenters. The van der Waals surface area contributed by atoms with Gasteiger partial charge in [0.05, 0.1) is 5.69 Å². The highest BCUT2D eigenvalue weighted by atomic mass is 19.4. The second-order valence-corrected chi connectivity index (χ2v) is 3.83. The fourth-order valence-electron chi connectivity index (χ4n) is 1.45. The van der Waals surface area contributed by atoms with Crippen molar-refractivity contribution in [3.8, 4) is 0 Å². The molecule has 1 unspecified atom stereocenters. The lowest BCUT2D eigenvalue weighted by Crippen LogP contribution is -2.54. The summed E-state index contributed by atoms with van der Waals surface area (Å²) in [6.07, 6.45) is -1.81. The predicted octanol–water partition coefficient (Wildman–Crippen LogP) is 2.85. The van der Waals surface area contributed by atoms with Gasteiger partial charge < -0.3 is 0 Å². The zero-order chi connectivity index (χ0) is 11.8. The first-order chi connectivity index (χ1) is 7.42. The molecule has 1 aromatic carbocycles. The highest BCUT2D eigenvalue weighted by Gasteiger charge is 2.52. The maximum absolute atomic E-state index is 12.7. The molecule has 0 amide bonds. The Kier molecular flexibility index (Phi) is 2.42. The number of halogens is 3. The molecule has 2 rings (SSSR count). The third-order valence-corrected chi connectivity index (χ3v) is 2.53. The molecule has 0 aromatic heterocycles. The molecule has 5 heteroatoms. The van der Waals surface area contributed by atoms with Crippen molar-refractivity contribution in [1.29, 1.82) is 0 Å². The largest absolute Gasteiger partial charge is 0.411 e. The van der Waals surface area contributed by atoms with Crippen LogP contribution in [0.15, 0.2) is 42.6 Å². The van der Waals surface area contributed by atoms with E-state index in [1.165, 1.54) is 11.2 Å². The Labute approximate surface area is 91.3 Å². The molecule has 0 fully saturated rings. The number of rotatable bonds is 1. The van der Waals surface area contributed by atoms with Crippen LogP contribution >= 0.6 is 0 Å². The summed E-state index contributed by atoms with van der Waals surface area (Å²) in [6, 6.07) is 8.83. The highest BCUT2D eigenvalue weighted by molar-refractivity contribution is 5.50. The maximum Gasteiger partial charge on any atom is 0.411 e. The van der Waals surface area contributed by atoms with E-state index in [1.54, 1.807) is 24.3 Å². The Hall–Kier alpha value is -1.49. The topological polar surface area (TPSA) is 15.3 Å². The molecule has 0 radical (unpaired) electrons. The highest BCUT2D eigenvalue weighted by Crippen LogP contribution is 2.35. The van der Waals surface area contributed by atoms with Crippen LogP contribution in [-0.4, -0.2) is 11.7 Å². The van der Waals surface area contributed by atoms with Crippen LogP contribution in [0.3, 0.4) is 0 Å². The number of anilines is 1. The summed E-state index contributed by atoms with van der Waals surface area (Å²) in [7, 11) is 0. The van der Waals surface area contributed by atoms with Gasteiger partial charge in [0, 0.05) is 6.20 Å². The van der Waals surface area contributed by atoms with E-state index in [9.17, 15) is 13.2 Å². The Morgan fingerprint density at radius 2 is 1.81 bits per heavy atom. The molecular formula is C11H11F3N2. The Morgan fingerprint density at radius 3 is 2.31 bits per heavy atom. The molecule has 1 heterocycles. The summed E-state index contributed by atoms with van der Waals surface area (Å²) in [5.74, 6) is 0. The van der Waals surface area contributed by atoms with E-state index in [0.717, 1.165) is 13.0 Å². The minimum absolute atomic E-state index is 0.673. The van der Waals surface area contributed by atoms with E-state index in [1.807, 2.05) is 6.07 Å². The molecule has 16 heavy (non-hydrogen) atoms. The van der Waals surface area contributed by atoms with Gasteiger partial charge in [-0.2, -0.15) is 13.2 Å². The Morgan fingerprint density at radius 1 is 1.19 bits per heavy atom. The van der Waals surface area contributed by atoms with E-state index in [4.69, 9.17) is 0 Å². The summed E-state index contributed by atoms with van der Waals surface area (Å²) in [5, 5.41) is 1.37. The molecule has 0 aliphatic carbocycles. The van der Waals surface area contributed by atoms with Gasteiger partial charge in [0.2, 0.25) is 0 Å². The number of para-hydroxylation sites is 1. The van der Waals surface area contributed by atoms with Gasteiger partial charge in [-0.05, 0) is 25.1 Å². The molecular weight excluding hydrogens is 217 g/mol. The van der Waals surface area contributed by atoms with E-state index in [0.29, 0.717) is 5.69 Å². The van der Waals surface area contributed by atoms with Crippen LogP contribution in [0.4, 0.5) is 18.9 Å². The second kappa shape index (κ2) is 3.52. The van der Waals surface area contributed by atoms with Crippen LogP contribution in [0.5, 0.6) is 0 Å². The fraction of sp³-hybridized carbons (Fsp3) is 0.273. The van der Waals surface area contributed by atoms with Crippen molar-refractivity contribution in [2.45, 2.75) is 18.6 Å². The van der Waals surface area contributed by atoms with E-state index >= 15 is 0 Å². The van der Waals surface area contributed by atoms with Gasteiger partial charge in [-0.15, -0.1) is 0 Å². The number of nitrogens with zero attached hydrogens (tertiary/aromatic N) is 1. The number of benzene rings is 1. The number of hydrazine groups is 1. The van der Waals surface area contributed by atoms with Crippen molar-refractivity contribution in [1.82, 2.24) is 5.43 Å². The van der Waals surface area contributed by atoms with E-state index in [2.05, 4.69) is 5.43 Å². The zero-order valence-electron chi connectivity index (χ0n) is 8.62. The second-order valence-electron chi connectivity index (χ2n) is 3.83. The van der Waals surface area contributed by atoms with E-state index in [-0.39, 0.29) is 0 Å². The SMILES string of the molecule is CC1(C(F)(F)F)C=CN(c2ccccc2)N1. The number of nitrogens with one attached hydrogen (secondary N) is 1. The van der Waals surface area contributed by atoms with Crippen LogP contribution in [0.1, 0.15) is 6.92 Å². The monoisotopic (exact) mass is 228 g/mol. The Balaban J connectivity index is 2.20. The first kappa shape index (κ1) is 11.0. The number of alkyl halides is 3. The van der Waals surface area contributed by atoms with Gasteiger partial charge in [0.1, 0.15) is 5.54 Å². The van der Waals surface area contributed by atoms with Crippen molar-refractivity contribution in [3.05, 3.63) is 42.6 Å². The molecule has 1 N–H and O–H groups in total. The van der Waals surface area contributed by atoms with Crippen molar-refractivity contribution >= 4 is 5.69 Å². The summed E-state index contributed by atoms with van der Waals surface area (Å²) in [4.78, 5) is 0. The van der Waals surface area contributed by atoms with Gasteiger partial charge in [0.15, 0.2) is 0 Å². The molecule has 0 spiro atoms. The minimum atomic E-state index is -4.31. The van der Waals surface area contributed by atoms with Crippen LogP contribution in [0.2, 0.25) is 0 Å². The molecule has 1 aliphatic rings. The lowest BCUT2D eigenvalue weighted by Gasteiger charge is -2.29. The molecule has 0 bridgehead atoms. The van der Waals surface area contributed by atoms with Crippen molar-refractivity contribution in [2.75, 3.05) is 5.01 Å². The molecule has 1 aliphatic heterocycles. The molecule has 2 nitrogen and oxygen atoms in total. The first-order valence-corrected chi connectivity index (χ1v) is 4.81. The fourth-order valence-corrected chi connectivity index (χ4v) is 1.45. The lowest BCUT2D eigenvalue weighted by molar-refractivity contribution is -0.174. The molecule has 0 saturated carbocycles. The third-order valence-electron chi connectivity index (χ3n) is 2.53. The smallest absolute Gasteiger partial charge is 0.283 e. The normalized spacial score (nSPS) is 25.1. The van der Waals surface area contributed by atoms with Crippen LogP contribution in [-0.2, 0) is 0 Å². The third kappa shape index (κ3) is 1.78. The maximum atomic E-state index is 12.7. The quantitative estimate of drug-likeness (QED) is 0.795. The van der Waals surface area contributed by atoms with Crippen LogP contribution in [0.25, 0.3) is 0 Å². The summed E-state index contributed by atoms with van der Waals surface area (Å²) >= 11 is 0. The van der Waals surface area contributed by atoms with Gasteiger partial charge in [-0.3, -0.25) is 5.01 Å². The average Bonchev–Trinajstić information content (AvgIpc) is 2.63. The van der Waals surface area contributed by atoms with Crippen molar-refractivity contribution < 1.29 is 13.2 Å². The molecule has 1 aromatic rings. The zero-order valence-corrected chi connectivity index (χ0v) is 8.62. The van der Waals surface area contributed by atoms with Gasteiger partial charge in [0.25, 0.3) is 0 Å². The average molecular weight is 228 g/mol.